The predicted octanol–water partition coefficient (Wildman–Crippen LogP) is 0.108. The van der Waals surface area contributed by atoms with Crippen molar-refractivity contribution in [3.8, 4) is 6.07 Å². The number of hydrogen-bond donors (Lipinski definition) is 0. The third-order valence-corrected chi connectivity index (χ3v) is 2.29. The molecule has 2 aromatic heterocycles. The second-order valence-corrected chi connectivity index (χ2v) is 3.41. The molecule has 0 atom stereocenters. The van der Waals surface area contributed by atoms with Gasteiger partial charge in [0.25, 0.3) is 0 Å². The van der Waals surface area contributed by atoms with E-state index >= 15 is 0 Å². The van der Waals surface area contributed by atoms with Crippen molar-refractivity contribution in [2.75, 3.05) is 18.5 Å². The number of aromatic nitrogens is 5. The first-order chi connectivity index (χ1) is 7.74. The first kappa shape index (κ1) is 10.3. The maximum Gasteiger partial charge on any atom is 0.183 e. The van der Waals surface area contributed by atoms with E-state index in [-0.39, 0.29) is 0 Å². The Hall–Kier alpha value is -2.23. The lowest BCUT2D eigenvalue weighted by Gasteiger charge is -2.15. The fraction of sp³-hybridized carbons (Fsp3) is 0.444. The number of hydrogen-bond acceptors (Lipinski definition) is 6. The van der Waals surface area contributed by atoms with Gasteiger partial charge < -0.3 is 4.90 Å². The van der Waals surface area contributed by atoms with Gasteiger partial charge in [0.05, 0.1) is 12.5 Å². The van der Waals surface area contributed by atoms with Crippen molar-refractivity contribution in [1.29, 1.82) is 5.26 Å². The van der Waals surface area contributed by atoms with E-state index in [1.807, 2.05) is 11.9 Å². The Balaban J connectivity index is 2.41. The molecular formula is C9H11N7. The maximum atomic E-state index is 8.54. The van der Waals surface area contributed by atoms with E-state index in [1.165, 1.54) is 6.33 Å². The zero-order valence-electron chi connectivity index (χ0n) is 9.12. The molecule has 0 amide bonds. The molecule has 0 radical (unpaired) electrons. The summed E-state index contributed by atoms with van der Waals surface area (Å²) in [5.41, 5.74) is 1.35. The number of anilines is 1. The van der Waals surface area contributed by atoms with Crippen molar-refractivity contribution < 1.29 is 0 Å². The molecule has 0 fully saturated rings. The topological polar surface area (TPSA) is 83.5 Å². The van der Waals surface area contributed by atoms with Crippen molar-refractivity contribution in [3.63, 3.8) is 0 Å². The number of nitrogens with zero attached hydrogens (tertiary/aromatic N) is 7. The van der Waals surface area contributed by atoms with Crippen molar-refractivity contribution in [1.82, 2.24) is 25.0 Å². The highest BCUT2D eigenvalue weighted by atomic mass is 15.4. The van der Waals surface area contributed by atoms with Crippen LogP contribution >= 0.6 is 0 Å². The molecule has 2 aromatic rings. The number of aryl methyl sites for hydroxylation is 1. The summed E-state index contributed by atoms with van der Waals surface area (Å²) in [6.07, 6.45) is 1.92. The smallest absolute Gasteiger partial charge is 0.183 e. The second kappa shape index (κ2) is 4.10. The minimum absolute atomic E-state index is 0.447. The first-order valence-electron chi connectivity index (χ1n) is 4.82. The first-order valence-corrected chi connectivity index (χ1v) is 4.82. The molecule has 7 heteroatoms. The van der Waals surface area contributed by atoms with Gasteiger partial charge in [-0.25, -0.2) is 14.6 Å². The van der Waals surface area contributed by atoms with Gasteiger partial charge in [-0.05, 0) is 0 Å². The summed E-state index contributed by atoms with van der Waals surface area (Å²) >= 11 is 0. The lowest BCUT2D eigenvalue weighted by atomic mass is 10.4. The van der Waals surface area contributed by atoms with E-state index in [4.69, 9.17) is 5.26 Å². The van der Waals surface area contributed by atoms with Crippen LogP contribution in [0.1, 0.15) is 6.42 Å². The monoisotopic (exact) mass is 217 g/mol. The van der Waals surface area contributed by atoms with Gasteiger partial charge in [-0.2, -0.15) is 5.26 Å². The average Bonchev–Trinajstić information content (AvgIpc) is 2.68. The van der Waals surface area contributed by atoms with Gasteiger partial charge in [-0.3, -0.25) is 0 Å². The molecule has 0 aliphatic heterocycles. The normalized spacial score (nSPS) is 10.3. The average molecular weight is 217 g/mol. The molecule has 0 spiro atoms. The quantitative estimate of drug-likeness (QED) is 0.725. The lowest BCUT2D eigenvalue weighted by molar-refractivity contribution is 0.729. The van der Waals surface area contributed by atoms with E-state index < -0.39 is 0 Å². The molecule has 82 valence electrons. The Morgan fingerprint density at radius 1 is 1.50 bits per heavy atom. The van der Waals surface area contributed by atoms with Crippen LogP contribution in [0.25, 0.3) is 11.2 Å². The fourth-order valence-electron chi connectivity index (χ4n) is 1.44. The standard InChI is InChI=1S/C9H11N7/c1-15(5-3-4-10)8-7-9(12-6-11-8)16(2)14-13-7/h6H,3,5H2,1-2H3. The molecule has 2 rings (SSSR count). The van der Waals surface area contributed by atoms with Crippen LogP contribution in [0.3, 0.4) is 0 Å². The zero-order valence-corrected chi connectivity index (χ0v) is 9.12. The Labute approximate surface area is 92.3 Å². The Bertz CT molecular complexity index is 538. The highest BCUT2D eigenvalue weighted by molar-refractivity contribution is 5.82. The summed E-state index contributed by atoms with van der Waals surface area (Å²) < 4.78 is 1.60. The summed E-state index contributed by atoms with van der Waals surface area (Å²) in [7, 11) is 3.65. The van der Waals surface area contributed by atoms with E-state index in [2.05, 4.69) is 26.3 Å². The van der Waals surface area contributed by atoms with Gasteiger partial charge in [-0.15, -0.1) is 5.10 Å². The lowest BCUT2D eigenvalue weighted by Crippen LogP contribution is -2.19. The fourth-order valence-corrected chi connectivity index (χ4v) is 1.44. The van der Waals surface area contributed by atoms with Gasteiger partial charge in [0.2, 0.25) is 0 Å². The van der Waals surface area contributed by atoms with Crippen LogP contribution < -0.4 is 4.90 Å². The molecule has 0 bridgehead atoms. The molecule has 0 unspecified atom stereocenters. The van der Waals surface area contributed by atoms with Crippen LogP contribution in [-0.4, -0.2) is 38.6 Å². The molecule has 0 aliphatic carbocycles. The van der Waals surface area contributed by atoms with Gasteiger partial charge in [0, 0.05) is 20.6 Å². The molecule has 0 N–H and O–H groups in total. The molecule has 0 aliphatic rings. The minimum Gasteiger partial charge on any atom is -0.357 e. The zero-order chi connectivity index (χ0) is 11.5. The van der Waals surface area contributed by atoms with Crippen LogP contribution in [0.4, 0.5) is 5.82 Å². The predicted molar refractivity (Wildman–Crippen MR) is 57.6 cm³/mol. The van der Waals surface area contributed by atoms with Crippen LogP contribution in [-0.2, 0) is 7.05 Å². The molecule has 0 saturated heterocycles. The van der Waals surface area contributed by atoms with E-state index in [0.717, 1.165) is 0 Å². The molecular weight excluding hydrogens is 206 g/mol. The third-order valence-electron chi connectivity index (χ3n) is 2.29. The van der Waals surface area contributed by atoms with Crippen LogP contribution in [0.5, 0.6) is 0 Å². The van der Waals surface area contributed by atoms with Crippen LogP contribution in [0.2, 0.25) is 0 Å². The van der Waals surface area contributed by atoms with E-state index in [1.54, 1.807) is 11.7 Å². The van der Waals surface area contributed by atoms with E-state index in [0.29, 0.717) is 29.9 Å². The summed E-state index contributed by atoms with van der Waals surface area (Å²) in [6, 6.07) is 2.10. The highest BCUT2D eigenvalue weighted by Gasteiger charge is 2.12. The van der Waals surface area contributed by atoms with Crippen molar-refractivity contribution in [2.24, 2.45) is 7.05 Å². The third kappa shape index (κ3) is 1.65. The Kier molecular flexibility index (Phi) is 2.64. The van der Waals surface area contributed by atoms with Crippen molar-refractivity contribution in [2.45, 2.75) is 6.42 Å². The maximum absolute atomic E-state index is 8.54. The number of fused-ring (bicyclic) bond motifs is 1. The number of rotatable bonds is 3. The van der Waals surface area contributed by atoms with Gasteiger partial charge in [0.15, 0.2) is 17.0 Å². The Morgan fingerprint density at radius 2 is 2.31 bits per heavy atom. The largest absolute Gasteiger partial charge is 0.357 e. The SMILES string of the molecule is CN(CCC#N)c1ncnc2c1nnn2C. The summed E-state index contributed by atoms with van der Waals surface area (Å²) in [4.78, 5) is 10.1. The summed E-state index contributed by atoms with van der Waals surface area (Å²) in [5, 5.41) is 16.4. The molecule has 7 nitrogen and oxygen atoms in total. The van der Waals surface area contributed by atoms with Crippen LogP contribution in [0, 0.1) is 11.3 Å². The molecule has 2 heterocycles. The van der Waals surface area contributed by atoms with Gasteiger partial charge in [0.1, 0.15) is 6.33 Å². The van der Waals surface area contributed by atoms with Gasteiger partial charge in [-0.1, -0.05) is 5.21 Å². The molecule has 0 saturated carbocycles. The van der Waals surface area contributed by atoms with E-state index in [9.17, 15) is 0 Å². The summed E-state index contributed by atoms with van der Waals surface area (Å²) in [6.45, 7) is 0.610. The highest BCUT2D eigenvalue weighted by Crippen LogP contribution is 2.18. The second-order valence-electron chi connectivity index (χ2n) is 3.41. The Morgan fingerprint density at radius 3 is 3.06 bits per heavy atom. The minimum atomic E-state index is 0.447. The molecule has 16 heavy (non-hydrogen) atoms. The number of nitriles is 1. The van der Waals surface area contributed by atoms with Crippen molar-refractivity contribution in [3.05, 3.63) is 6.33 Å². The van der Waals surface area contributed by atoms with Gasteiger partial charge >= 0.3 is 0 Å². The van der Waals surface area contributed by atoms with Crippen LogP contribution in [0.15, 0.2) is 6.33 Å². The molecule has 0 aromatic carbocycles. The van der Waals surface area contributed by atoms with Crippen molar-refractivity contribution >= 4 is 17.0 Å². The summed E-state index contributed by atoms with van der Waals surface area (Å²) in [5.74, 6) is 0.702.